The van der Waals surface area contributed by atoms with Crippen molar-refractivity contribution in [3.63, 3.8) is 0 Å². The zero-order valence-corrected chi connectivity index (χ0v) is 10.9. The summed E-state index contributed by atoms with van der Waals surface area (Å²) in [6.45, 7) is 4.92. The number of hydrogen-bond acceptors (Lipinski definition) is 2. The molecule has 0 radical (unpaired) electrons. The van der Waals surface area contributed by atoms with E-state index in [0.717, 1.165) is 23.4 Å². The lowest BCUT2D eigenvalue weighted by Crippen LogP contribution is -2.21. The van der Waals surface area contributed by atoms with Crippen LogP contribution < -0.4 is 5.32 Å². The van der Waals surface area contributed by atoms with Gasteiger partial charge in [0.1, 0.15) is 5.82 Å². The molecule has 2 aromatic rings. The molecular formula is C14H18FN3. The van der Waals surface area contributed by atoms with Crippen LogP contribution in [-0.2, 0) is 13.6 Å². The number of halogens is 1. The molecule has 0 spiro atoms. The Kier molecular flexibility index (Phi) is 3.77. The third-order valence-corrected chi connectivity index (χ3v) is 2.70. The first-order valence-electron chi connectivity index (χ1n) is 6.08. The Labute approximate surface area is 107 Å². The van der Waals surface area contributed by atoms with Crippen LogP contribution in [0.25, 0.3) is 11.3 Å². The average molecular weight is 247 g/mol. The van der Waals surface area contributed by atoms with E-state index in [1.54, 1.807) is 10.7 Å². The average Bonchev–Trinajstić information content (AvgIpc) is 2.68. The minimum atomic E-state index is -0.235. The van der Waals surface area contributed by atoms with Crippen LogP contribution in [0.3, 0.4) is 0 Å². The molecule has 0 aliphatic rings. The number of benzene rings is 1. The van der Waals surface area contributed by atoms with Gasteiger partial charge in [0.15, 0.2) is 0 Å². The van der Waals surface area contributed by atoms with Crippen LogP contribution >= 0.6 is 0 Å². The smallest absolute Gasteiger partial charge is 0.123 e. The van der Waals surface area contributed by atoms with Crippen LogP contribution in [0.15, 0.2) is 30.5 Å². The molecule has 0 aliphatic carbocycles. The van der Waals surface area contributed by atoms with Gasteiger partial charge in [0.25, 0.3) is 0 Å². The molecule has 18 heavy (non-hydrogen) atoms. The van der Waals surface area contributed by atoms with E-state index in [4.69, 9.17) is 0 Å². The molecule has 0 aliphatic heterocycles. The van der Waals surface area contributed by atoms with Crippen molar-refractivity contribution in [1.82, 2.24) is 15.1 Å². The maximum Gasteiger partial charge on any atom is 0.123 e. The molecule has 2 rings (SSSR count). The van der Waals surface area contributed by atoms with E-state index in [-0.39, 0.29) is 5.82 Å². The maximum absolute atomic E-state index is 13.3. The zero-order chi connectivity index (χ0) is 13.1. The van der Waals surface area contributed by atoms with Crippen molar-refractivity contribution in [3.05, 3.63) is 41.8 Å². The van der Waals surface area contributed by atoms with Gasteiger partial charge in [0.05, 0.1) is 5.69 Å². The van der Waals surface area contributed by atoms with Gasteiger partial charge in [-0.25, -0.2) is 4.39 Å². The van der Waals surface area contributed by atoms with Gasteiger partial charge in [-0.3, -0.25) is 4.68 Å². The number of hydrogen-bond donors (Lipinski definition) is 1. The van der Waals surface area contributed by atoms with Gasteiger partial charge in [-0.1, -0.05) is 26.0 Å². The van der Waals surface area contributed by atoms with Crippen molar-refractivity contribution >= 4 is 0 Å². The molecule has 0 saturated heterocycles. The third kappa shape index (κ3) is 2.96. The van der Waals surface area contributed by atoms with E-state index >= 15 is 0 Å². The van der Waals surface area contributed by atoms with Gasteiger partial charge in [-0.15, -0.1) is 0 Å². The summed E-state index contributed by atoms with van der Waals surface area (Å²) in [5, 5.41) is 7.76. The molecule has 0 amide bonds. The van der Waals surface area contributed by atoms with Crippen LogP contribution in [0.2, 0.25) is 0 Å². The molecule has 1 heterocycles. The summed E-state index contributed by atoms with van der Waals surface area (Å²) in [5.41, 5.74) is 2.73. The number of nitrogens with zero attached hydrogens (tertiary/aromatic N) is 2. The second kappa shape index (κ2) is 5.31. The normalized spacial score (nSPS) is 11.2. The molecule has 96 valence electrons. The monoisotopic (exact) mass is 247 g/mol. The second-order valence-corrected chi connectivity index (χ2v) is 4.72. The highest BCUT2D eigenvalue weighted by molar-refractivity contribution is 5.62. The fourth-order valence-corrected chi connectivity index (χ4v) is 1.86. The van der Waals surface area contributed by atoms with E-state index < -0.39 is 0 Å². The van der Waals surface area contributed by atoms with Crippen molar-refractivity contribution in [2.45, 2.75) is 26.4 Å². The van der Waals surface area contributed by atoms with Gasteiger partial charge < -0.3 is 5.32 Å². The fraction of sp³-hybridized carbons (Fsp3) is 0.357. The summed E-state index contributed by atoms with van der Waals surface area (Å²) in [5.74, 6) is -0.235. The summed E-state index contributed by atoms with van der Waals surface area (Å²) >= 11 is 0. The first-order chi connectivity index (χ1) is 8.56. The molecule has 3 nitrogen and oxygen atoms in total. The van der Waals surface area contributed by atoms with Gasteiger partial charge >= 0.3 is 0 Å². The summed E-state index contributed by atoms with van der Waals surface area (Å²) in [4.78, 5) is 0. The summed E-state index contributed by atoms with van der Waals surface area (Å²) in [6, 6.07) is 6.95. The van der Waals surface area contributed by atoms with Crippen LogP contribution in [0, 0.1) is 5.82 Å². The van der Waals surface area contributed by atoms with Crippen LogP contribution in [0.1, 0.15) is 19.4 Å². The van der Waals surface area contributed by atoms with E-state index in [1.165, 1.54) is 12.1 Å². The third-order valence-electron chi connectivity index (χ3n) is 2.70. The van der Waals surface area contributed by atoms with Gasteiger partial charge in [0.2, 0.25) is 0 Å². The van der Waals surface area contributed by atoms with Crippen molar-refractivity contribution in [2.75, 3.05) is 0 Å². The molecule has 0 fully saturated rings. The van der Waals surface area contributed by atoms with Crippen molar-refractivity contribution in [1.29, 1.82) is 0 Å². The first-order valence-corrected chi connectivity index (χ1v) is 6.08. The van der Waals surface area contributed by atoms with Crippen LogP contribution in [0.4, 0.5) is 4.39 Å². The van der Waals surface area contributed by atoms with Gasteiger partial charge in [-0.2, -0.15) is 5.10 Å². The predicted molar refractivity (Wildman–Crippen MR) is 70.6 cm³/mol. The van der Waals surface area contributed by atoms with Gasteiger partial charge in [-0.05, 0) is 12.1 Å². The Morgan fingerprint density at radius 3 is 2.83 bits per heavy atom. The van der Waals surface area contributed by atoms with E-state index in [1.807, 2.05) is 19.3 Å². The fourth-order valence-electron chi connectivity index (χ4n) is 1.86. The highest BCUT2D eigenvalue weighted by Gasteiger charge is 2.10. The Morgan fingerprint density at radius 1 is 1.39 bits per heavy atom. The molecular weight excluding hydrogens is 229 g/mol. The van der Waals surface area contributed by atoms with Crippen molar-refractivity contribution in [3.8, 4) is 11.3 Å². The SMILES string of the molecule is CC(C)NCc1cn(C)nc1-c1cccc(F)c1. The first kappa shape index (κ1) is 12.8. The predicted octanol–water partition coefficient (Wildman–Crippen LogP) is 2.72. The Morgan fingerprint density at radius 2 is 2.17 bits per heavy atom. The lowest BCUT2D eigenvalue weighted by Gasteiger charge is -2.07. The Balaban J connectivity index is 2.32. The highest BCUT2D eigenvalue weighted by atomic mass is 19.1. The minimum Gasteiger partial charge on any atom is -0.310 e. The molecule has 0 bridgehead atoms. The molecule has 4 heteroatoms. The van der Waals surface area contributed by atoms with E-state index in [0.29, 0.717) is 6.04 Å². The topological polar surface area (TPSA) is 29.9 Å². The van der Waals surface area contributed by atoms with E-state index in [2.05, 4.69) is 24.3 Å². The number of aryl methyl sites for hydroxylation is 1. The summed E-state index contributed by atoms with van der Waals surface area (Å²) in [7, 11) is 1.88. The lowest BCUT2D eigenvalue weighted by molar-refractivity contribution is 0.589. The lowest BCUT2D eigenvalue weighted by atomic mass is 10.1. The zero-order valence-electron chi connectivity index (χ0n) is 10.9. The second-order valence-electron chi connectivity index (χ2n) is 4.72. The largest absolute Gasteiger partial charge is 0.310 e. The van der Waals surface area contributed by atoms with Gasteiger partial charge in [0, 0.05) is 37.0 Å². The van der Waals surface area contributed by atoms with Crippen LogP contribution in [-0.4, -0.2) is 15.8 Å². The quantitative estimate of drug-likeness (QED) is 0.900. The Hall–Kier alpha value is -1.68. The van der Waals surface area contributed by atoms with Crippen molar-refractivity contribution < 1.29 is 4.39 Å². The molecule has 1 N–H and O–H groups in total. The van der Waals surface area contributed by atoms with Crippen LogP contribution in [0.5, 0.6) is 0 Å². The maximum atomic E-state index is 13.3. The highest BCUT2D eigenvalue weighted by Crippen LogP contribution is 2.22. The molecule has 1 aromatic carbocycles. The number of aromatic nitrogens is 2. The minimum absolute atomic E-state index is 0.235. The summed E-state index contributed by atoms with van der Waals surface area (Å²) < 4.78 is 15.0. The van der Waals surface area contributed by atoms with Crippen molar-refractivity contribution in [2.24, 2.45) is 7.05 Å². The Bertz CT molecular complexity index is 532. The molecule has 0 saturated carbocycles. The number of nitrogens with one attached hydrogen (secondary N) is 1. The molecule has 1 aromatic heterocycles. The summed E-state index contributed by atoms with van der Waals surface area (Å²) in [6.07, 6.45) is 1.97. The molecule has 0 atom stereocenters. The number of rotatable bonds is 4. The van der Waals surface area contributed by atoms with E-state index in [9.17, 15) is 4.39 Å². The standard InChI is InChI=1S/C14H18FN3/c1-10(2)16-8-12-9-18(3)17-14(12)11-5-4-6-13(15)7-11/h4-7,9-10,16H,8H2,1-3H3. The molecule has 0 unspecified atom stereocenters.